The molecule has 0 heterocycles. The van der Waals surface area contributed by atoms with Crippen molar-refractivity contribution < 1.29 is 18.3 Å². The summed E-state index contributed by atoms with van der Waals surface area (Å²) in [5.41, 5.74) is 0. The third-order valence-corrected chi connectivity index (χ3v) is 3.53. The van der Waals surface area contributed by atoms with Gasteiger partial charge in [-0.25, -0.2) is 8.42 Å². The van der Waals surface area contributed by atoms with E-state index in [1.165, 1.54) is 12.1 Å². The molecule has 5 heteroatoms. The SMILES string of the molecule is CC(C)C(O)COc1cccc(S(C)(=O)=O)c1. The molecule has 1 atom stereocenters. The molecule has 1 rings (SSSR count). The quantitative estimate of drug-likeness (QED) is 0.869. The lowest BCUT2D eigenvalue weighted by Crippen LogP contribution is -2.23. The fourth-order valence-electron chi connectivity index (χ4n) is 1.17. The van der Waals surface area contributed by atoms with E-state index in [1.54, 1.807) is 12.1 Å². The van der Waals surface area contributed by atoms with Crippen molar-refractivity contribution in [3.63, 3.8) is 0 Å². The fourth-order valence-corrected chi connectivity index (χ4v) is 1.82. The molecule has 1 unspecified atom stereocenters. The number of hydrogen-bond donors (Lipinski definition) is 1. The molecule has 0 aromatic heterocycles. The number of rotatable bonds is 5. The van der Waals surface area contributed by atoms with Crippen molar-refractivity contribution in [1.82, 2.24) is 0 Å². The minimum atomic E-state index is -3.22. The van der Waals surface area contributed by atoms with Gasteiger partial charge in [0.05, 0.1) is 11.0 Å². The lowest BCUT2D eigenvalue weighted by Gasteiger charge is -2.15. The Balaban J connectivity index is 2.74. The molecule has 0 aliphatic carbocycles. The first kappa shape index (κ1) is 14.0. The zero-order chi connectivity index (χ0) is 13.1. The van der Waals surface area contributed by atoms with Crippen molar-refractivity contribution >= 4 is 9.84 Å². The maximum absolute atomic E-state index is 11.3. The number of benzene rings is 1. The monoisotopic (exact) mass is 258 g/mol. The topological polar surface area (TPSA) is 63.6 Å². The molecular weight excluding hydrogens is 240 g/mol. The molecule has 0 saturated heterocycles. The molecular formula is C12H18O4S. The van der Waals surface area contributed by atoms with Gasteiger partial charge in [-0.05, 0) is 24.1 Å². The fraction of sp³-hybridized carbons (Fsp3) is 0.500. The summed E-state index contributed by atoms with van der Waals surface area (Å²) in [5, 5.41) is 9.57. The highest BCUT2D eigenvalue weighted by Crippen LogP contribution is 2.18. The van der Waals surface area contributed by atoms with Crippen LogP contribution in [0.15, 0.2) is 29.2 Å². The van der Waals surface area contributed by atoms with Gasteiger partial charge in [-0.15, -0.1) is 0 Å². The average Bonchev–Trinajstić information content (AvgIpc) is 2.25. The van der Waals surface area contributed by atoms with Crippen LogP contribution in [0.3, 0.4) is 0 Å². The molecule has 4 nitrogen and oxygen atoms in total. The Labute approximate surface area is 102 Å². The van der Waals surface area contributed by atoms with Crippen molar-refractivity contribution in [2.24, 2.45) is 5.92 Å². The zero-order valence-electron chi connectivity index (χ0n) is 10.3. The van der Waals surface area contributed by atoms with Crippen LogP contribution < -0.4 is 4.74 Å². The van der Waals surface area contributed by atoms with E-state index in [-0.39, 0.29) is 17.4 Å². The van der Waals surface area contributed by atoms with Crippen LogP contribution in [0.4, 0.5) is 0 Å². The number of sulfone groups is 1. The second kappa shape index (κ2) is 5.51. The van der Waals surface area contributed by atoms with E-state index in [0.717, 1.165) is 6.26 Å². The highest BCUT2D eigenvalue weighted by molar-refractivity contribution is 7.90. The summed E-state index contributed by atoms with van der Waals surface area (Å²) in [6.45, 7) is 3.94. The van der Waals surface area contributed by atoms with Crippen LogP contribution in [0.5, 0.6) is 5.75 Å². The summed E-state index contributed by atoms with van der Waals surface area (Å²) in [5.74, 6) is 0.556. The first-order valence-electron chi connectivity index (χ1n) is 5.41. The third-order valence-electron chi connectivity index (χ3n) is 2.42. The molecule has 1 aromatic carbocycles. The molecule has 0 aliphatic heterocycles. The number of hydrogen-bond acceptors (Lipinski definition) is 4. The lowest BCUT2D eigenvalue weighted by atomic mass is 10.1. The highest BCUT2D eigenvalue weighted by Gasteiger charge is 2.11. The van der Waals surface area contributed by atoms with E-state index >= 15 is 0 Å². The molecule has 1 aromatic rings. The van der Waals surface area contributed by atoms with Crippen molar-refractivity contribution in [1.29, 1.82) is 0 Å². The van der Waals surface area contributed by atoms with Crippen molar-refractivity contribution in [3.8, 4) is 5.75 Å². The Bertz CT molecular complexity index is 465. The summed E-state index contributed by atoms with van der Waals surface area (Å²) >= 11 is 0. The van der Waals surface area contributed by atoms with Gasteiger partial charge in [-0.2, -0.15) is 0 Å². The van der Waals surface area contributed by atoms with Gasteiger partial charge in [0.2, 0.25) is 0 Å². The average molecular weight is 258 g/mol. The Morgan fingerprint density at radius 2 is 2.00 bits per heavy atom. The Morgan fingerprint density at radius 3 is 2.53 bits per heavy atom. The van der Waals surface area contributed by atoms with Crippen molar-refractivity contribution in [2.75, 3.05) is 12.9 Å². The summed E-state index contributed by atoms with van der Waals surface area (Å²) < 4.78 is 28.0. The van der Waals surface area contributed by atoms with E-state index in [4.69, 9.17) is 4.74 Å². The Hall–Kier alpha value is -1.07. The van der Waals surface area contributed by atoms with E-state index in [9.17, 15) is 13.5 Å². The largest absolute Gasteiger partial charge is 0.491 e. The van der Waals surface area contributed by atoms with Gasteiger partial charge in [0, 0.05) is 6.26 Å². The van der Waals surface area contributed by atoms with Gasteiger partial charge in [0.15, 0.2) is 9.84 Å². The first-order valence-corrected chi connectivity index (χ1v) is 7.31. The molecule has 96 valence electrons. The molecule has 0 fully saturated rings. The van der Waals surface area contributed by atoms with E-state index in [2.05, 4.69) is 0 Å². The first-order chi connectivity index (χ1) is 7.80. The summed E-state index contributed by atoms with van der Waals surface area (Å²) in [6, 6.07) is 6.26. The van der Waals surface area contributed by atoms with Crippen LogP contribution in [0, 0.1) is 5.92 Å². The van der Waals surface area contributed by atoms with Crippen LogP contribution >= 0.6 is 0 Å². The van der Waals surface area contributed by atoms with Crippen LogP contribution in [0.1, 0.15) is 13.8 Å². The maximum Gasteiger partial charge on any atom is 0.175 e. The standard InChI is InChI=1S/C12H18O4S/c1-9(2)12(13)8-16-10-5-4-6-11(7-10)17(3,14)15/h4-7,9,12-13H,8H2,1-3H3. The number of aliphatic hydroxyl groups is 1. The molecule has 0 bridgehead atoms. The summed E-state index contributed by atoms with van der Waals surface area (Å²) in [4.78, 5) is 0.217. The minimum absolute atomic E-state index is 0.105. The van der Waals surface area contributed by atoms with Crippen LogP contribution in [0.25, 0.3) is 0 Å². The molecule has 0 aliphatic rings. The van der Waals surface area contributed by atoms with E-state index in [0.29, 0.717) is 5.75 Å². The van der Waals surface area contributed by atoms with Crippen LogP contribution in [-0.4, -0.2) is 32.5 Å². The van der Waals surface area contributed by atoms with Crippen LogP contribution in [-0.2, 0) is 9.84 Å². The number of ether oxygens (including phenoxy) is 1. The molecule has 1 N–H and O–H groups in total. The van der Waals surface area contributed by atoms with Gasteiger partial charge < -0.3 is 9.84 Å². The zero-order valence-corrected chi connectivity index (χ0v) is 11.1. The molecule has 17 heavy (non-hydrogen) atoms. The lowest BCUT2D eigenvalue weighted by molar-refractivity contribution is 0.0700. The van der Waals surface area contributed by atoms with Gasteiger partial charge in [-0.1, -0.05) is 19.9 Å². The second-order valence-corrected chi connectivity index (χ2v) is 6.39. The smallest absolute Gasteiger partial charge is 0.175 e. The summed E-state index contributed by atoms with van der Waals surface area (Å²) in [7, 11) is -3.22. The third kappa shape index (κ3) is 4.36. The predicted molar refractivity (Wildman–Crippen MR) is 65.9 cm³/mol. The van der Waals surface area contributed by atoms with Crippen molar-refractivity contribution in [2.45, 2.75) is 24.8 Å². The van der Waals surface area contributed by atoms with E-state index in [1.807, 2.05) is 13.8 Å². The summed E-state index contributed by atoms with van der Waals surface area (Å²) in [6.07, 6.45) is 0.589. The van der Waals surface area contributed by atoms with Gasteiger partial charge in [-0.3, -0.25) is 0 Å². The normalized spacial score (nSPS) is 13.7. The molecule has 0 saturated carbocycles. The van der Waals surface area contributed by atoms with E-state index < -0.39 is 15.9 Å². The minimum Gasteiger partial charge on any atom is -0.491 e. The highest BCUT2D eigenvalue weighted by atomic mass is 32.2. The Morgan fingerprint density at radius 1 is 1.35 bits per heavy atom. The van der Waals surface area contributed by atoms with Gasteiger partial charge in [0.25, 0.3) is 0 Å². The number of aliphatic hydroxyl groups excluding tert-OH is 1. The molecule has 0 amide bonds. The molecule has 0 spiro atoms. The van der Waals surface area contributed by atoms with Gasteiger partial charge >= 0.3 is 0 Å². The van der Waals surface area contributed by atoms with Gasteiger partial charge in [0.1, 0.15) is 12.4 Å². The second-order valence-electron chi connectivity index (χ2n) is 4.37. The van der Waals surface area contributed by atoms with Crippen LogP contribution in [0.2, 0.25) is 0 Å². The Kier molecular flexibility index (Phi) is 4.54. The predicted octanol–water partition coefficient (Wildman–Crippen LogP) is 1.49. The maximum atomic E-state index is 11.3. The van der Waals surface area contributed by atoms with Crippen molar-refractivity contribution in [3.05, 3.63) is 24.3 Å². The molecule has 0 radical (unpaired) electrons.